The number of phenols is 4. The maximum Gasteiger partial charge on any atom is 0.124 e. The molecule has 0 bridgehead atoms. The molecule has 0 aliphatic carbocycles. The zero-order chi connectivity index (χ0) is 42.7. The number of unbranched alkanes of at least 4 members (excludes halogenated alkanes) is 10. The van der Waals surface area contributed by atoms with Gasteiger partial charge in [-0.1, -0.05) is 182 Å². The first-order valence-corrected chi connectivity index (χ1v) is 25.1. The Bertz CT molecular complexity index is 2590. The Balaban J connectivity index is 0.662. The molecule has 0 aliphatic heterocycles. The molecule has 0 heterocycles. The van der Waals surface area contributed by atoms with Crippen LogP contribution in [0.4, 0.5) is 0 Å². The zero-order valence-corrected chi connectivity index (χ0v) is 37.3. The smallest absolute Gasteiger partial charge is 0.124 e. The number of fused-ring (bicyclic) bond motifs is 4. The van der Waals surface area contributed by atoms with Gasteiger partial charge >= 0.3 is 0 Å². The number of aromatic hydroxyl groups is 4. The highest BCUT2D eigenvalue weighted by Crippen LogP contribution is 2.46. The van der Waals surface area contributed by atoms with E-state index in [0.29, 0.717) is 22.3 Å². The Morgan fingerprint density at radius 2 is 0.613 bits per heavy atom. The molecule has 8 rings (SSSR count). The number of aryl methyl sites for hydroxylation is 2. The summed E-state index contributed by atoms with van der Waals surface area (Å²) in [5, 5.41) is 51.7. The van der Waals surface area contributed by atoms with Gasteiger partial charge in [-0.15, -0.1) is 0 Å². The van der Waals surface area contributed by atoms with E-state index >= 15 is 0 Å². The summed E-state index contributed by atoms with van der Waals surface area (Å²) in [6, 6.07) is 43.8. The molecule has 8 aromatic carbocycles. The molecule has 6 heteroatoms. The summed E-state index contributed by atoms with van der Waals surface area (Å²) < 4.78 is 0. The van der Waals surface area contributed by atoms with E-state index in [9.17, 15) is 20.4 Å². The minimum Gasteiger partial charge on any atom is -0.507 e. The van der Waals surface area contributed by atoms with Crippen molar-refractivity contribution >= 4 is 64.7 Å². The van der Waals surface area contributed by atoms with Gasteiger partial charge in [0.2, 0.25) is 0 Å². The van der Waals surface area contributed by atoms with E-state index in [4.69, 9.17) is 0 Å². The van der Waals surface area contributed by atoms with Crippen molar-refractivity contribution in [3.63, 3.8) is 0 Å². The van der Waals surface area contributed by atoms with E-state index in [1.54, 1.807) is 24.3 Å². The third kappa shape index (κ3) is 10.3. The van der Waals surface area contributed by atoms with Gasteiger partial charge in [-0.2, -0.15) is 0 Å². The lowest BCUT2D eigenvalue weighted by Gasteiger charge is -2.15. The Hall–Kier alpha value is -5.30. The molecule has 8 aromatic rings. The number of hydrogen-bond donors (Lipinski definition) is 4. The summed E-state index contributed by atoms with van der Waals surface area (Å²) in [6.45, 7) is 0. The van der Waals surface area contributed by atoms with Crippen LogP contribution in [0.15, 0.2) is 133 Å². The molecular weight excluding hydrogens is 801 g/mol. The summed E-state index contributed by atoms with van der Waals surface area (Å²) in [5.74, 6) is 3.22. The van der Waals surface area contributed by atoms with Gasteiger partial charge in [0, 0.05) is 33.8 Å². The fraction of sp³-hybridized carbons (Fsp3) is 0.286. The summed E-state index contributed by atoms with van der Waals surface area (Å²) in [7, 11) is 4.11. The average molecular weight is 859 g/mol. The standard InChI is InChI=1S/C56H58O4S2/c57-49-31-25-41-19-11-13-21-45(41)53(49)55-47-29-23-39(37-43(47)27-33-51(55)59)17-9-5-1-3-7-15-35-61-62-36-16-8-4-2-6-10-18-40-24-30-48-44(38-40)28-34-52(60)56(48)54-46-22-14-12-20-42(46)26-32-50(54)58/h11-14,19-34,37-38,57-60H,1-10,15-18,35-36H2. The second-order valence-electron chi connectivity index (χ2n) is 16.8. The molecule has 0 unspecified atom stereocenters. The van der Waals surface area contributed by atoms with Crippen LogP contribution in [0, 0.1) is 0 Å². The van der Waals surface area contributed by atoms with Crippen molar-refractivity contribution in [3.05, 3.63) is 145 Å². The lowest BCUT2D eigenvalue weighted by Crippen LogP contribution is -1.90. The fourth-order valence-corrected chi connectivity index (χ4v) is 11.4. The van der Waals surface area contributed by atoms with E-state index in [-0.39, 0.29) is 23.0 Å². The van der Waals surface area contributed by atoms with Gasteiger partial charge in [-0.3, -0.25) is 0 Å². The quantitative estimate of drug-likeness (QED) is 0.0426. The van der Waals surface area contributed by atoms with Crippen LogP contribution in [0.2, 0.25) is 0 Å². The van der Waals surface area contributed by atoms with E-state index in [2.05, 4.69) is 58.0 Å². The van der Waals surface area contributed by atoms with Gasteiger partial charge in [-0.05, 0) is 117 Å². The molecule has 0 radical (unpaired) electrons. The first-order chi connectivity index (χ1) is 30.5. The third-order valence-electron chi connectivity index (χ3n) is 12.4. The molecule has 0 aromatic heterocycles. The van der Waals surface area contributed by atoms with Crippen LogP contribution in [0.3, 0.4) is 0 Å². The molecule has 318 valence electrons. The second-order valence-corrected chi connectivity index (χ2v) is 19.5. The Labute approximate surface area is 374 Å². The average Bonchev–Trinajstić information content (AvgIpc) is 3.29. The second kappa shape index (κ2) is 21.2. The number of hydrogen-bond acceptors (Lipinski definition) is 6. The number of phenolic OH excluding ortho intramolecular Hbond substituents is 4. The summed E-state index contributed by atoms with van der Waals surface area (Å²) in [6.07, 6.45) is 17.4. The molecule has 62 heavy (non-hydrogen) atoms. The Kier molecular flexibility index (Phi) is 14.8. The minimum absolute atomic E-state index is 0.180. The first-order valence-electron chi connectivity index (χ1n) is 22.6. The maximum atomic E-state index is 11.0. The summed E-state index contributed by atoms with van der Waals surface area (Å²) in [5.41, 5.74) is 5.40. The van der Waals surface area contributed by atoms with E-state index in [0.717, 1.165) is 55.9 Å². The van der Waals surface area contributed by atoms with Crippen LogP contribution in [-0.2, 0) is 12.8 Å². The monoisotopic (exact) mass is 858 g/mol. The molecule has 0 fully saturated rings. The van der Waals surface area contributed by atoms with Crippen molar-refractivity contribution in [2.24, 2.45) is 0 Å². The van der Waals surface area contributed by atoms with Crippen LogP contribution < -0.4 is 0 Å². The largest absolute Gasteiger partial charge is 0.507 e. The van der Waals surface area contributed by atoms with Gasteiger partial charge in [-0.25, -0.2) is 0 Å². The van der Waals surface area contributed by atoms with E-state index in [1.165, 1.54) is 99.7 Å². The van der Waals surface area contributed by atoms with Crippen molar-refractivity contribution in [1.29, 1.82) is 0 Å². The normalized spacial score (nSPS) is 11.7. The van der Waals surface area contributed by atoms with Crippen LogP contribution in [0.5, 0.6) is 23.0 Å². The first kappa shape index (κ1) is 43.4. The molecule has 0 saturated heterocycles. The highest BCUT2D eigenvalue weighted by atomic mass is 33.1. The number of benzene rings is 8. The minimum atomic E-state index is 0.180. The predicted octanol–water partition coefficient (Wildman–Crippen LogP) is 16.3. The Morgan fingerprint density at radius 1 is 0.290 bits per heavy atom. The van der Waals surface area contributed by atoms with Crippen molar-refractivity contribution in [1.82, 2.24) is 0 Å². The van der Waals surface area contributed by atoms with E-state index < -0.39 is 0 Å². The Morgan fingerprint density at radius 3 is 1.02 bits per heavy atom. The van der Waals surface area contributed by atoms with Crippen LogP contribution in [-0.4, -0.2) is 31.9 Å². The maximum absolute atomic E-state index is 11.0. The topological polar surface area (TPSA) is 80.9 Å². The van der Waals surface area contributed by atoms with Gasteiger partial charge in [0.1, 0.15) is 23.0 Å². The zero-order valence-electron chi connectivity index (χ0n) is 35.6. The van der Waals surface area contributed by atoms with Gasteiger partial charge in [0.05, 0.1) is 0 Å². The van der Waals surface area contributed by atoms with E-state index in [1.807, 2.05) is 72.8 Å². The lowest BCUT2D eigenvalue weighted by atomic mass is 9.91. The van der Waals surface area contributed by atoms with Crippen molar-refractivity contribution in [2.75, 3.05) is 11.5 Å². The summed E-state index contributed by atoms with van der Waals surface area (Å²) >= 11 is 0. The van der Waals surface area contributed by atoms with Gasteiger partial charge in [0.25, 0.3) is 0 Å². The molecule has 4 nitrogen and oxygen atoms in total. The van der Waals surface area contributed by atoms with Crippen molar-refractivity contribution < 1.29 is 20.4 Å². The SMILES string of the molecule is Oc1ccc2ccccc2c1-c1c(O)ccc2cc(CCCCCCCCSSCCCCCCCCc3ccc4c(-c5c(O)ccc6ccccc56)c(O)ccc4c3)ccc12. The fourth-order valence-electron chi connectivity index (χ4n) is 9.13. The molecule has 0 atom stereocenters. The van der Waals surface area contributed by atoms with Crippen LogP contribution >= 0.6 is 21.6 Å². The highest BCUT2D eigenvalue weighted by molar-refractivity contribution is 8.76. The third-order valence-corrected chi connectivity index (χ3v) is 15.0. The van der Waals surface area contributed by atoms with Crippen LogP contribution in [0.1, 0.15) is 88.2 Å². The van der Waals surface area contributed by atoms with Gasteiger partial charge < -0.3 is 20.4 Å². The van der Waals surface area contributed by atoms with Crippen molar-refractivity contribution in [2.45, 2.75) is 89.9 Å². The predicted molar refractivity (Wildman–Crippen MR) is 268 cm³/mol. The molecular formula is C56H58O4S2. The van der Waals surface area contributed by atoms with Crippen LogP contribution in [0.25, 0.3) is 65.3 Å². The lowest BCUT2D eigenvalue weighted by molar-refractivity contribution is 0.470. The number of rotatable bonds is 21. The molecule has 0 saturated carbocycles. The summed E-state index contributed by atoms with van der Waals surface area (Å²) in [4.78, 5) is 0. The molecule has 4 N–H and O–H groups in total. The van der Waals surface area contributed by atoms with Gasteiger partial charge in [0.15, 0.2) is 0 Å². The van der Waals surface area contributed by atoms with Crippen molar-refractivity contribution in [3.8, 4) is 45.3 Å². The molecule has 0 spiro atoms. The molecule has 0 amide bonds. The molecule has 0 aliphatic rings. The highest BCUT2D eigenvalue weighted by Gasteiger charge is 2.18.